The third-order valence-electron chi connectivity index (χ3n) is 3.60. The monoisotopic (exact) mass is 286 g/mol. The van der Waals surface area contributed by atoms with Crippen LogP contribution in [0.15, 0.2) is 0 Å². The zero-order valence-corrected chi connectivity index (χ0v) is 12.9. The van der Waals surface area contributed by atoms with Gasteiger partial charge >= 0.3 is 5.97 Å². The van der Waals surface area contributed by atoms with Crippen LogP contribution in [0.2, 0.25) is 0 Å². The number of carbonyl (C=O) groups is 2. The van der Waals surface area contributed by atoms with E-state index in [1.54, 1.807) is 0 Å². The molecule has 118 valence electrons. The molecule has 1 amide bonds. The summed E-state index contributed by atoms with van der Waals surface area (Å²) in [6.07, 6.45) is 5.18. The summed E-state index contributed by atoms with van der Waals surface area (Å²) in [5, 5.41) is 11.6. The molecule has 0 aliphatic rings. The Labute approximate surface area is 122 Å². The Bertz CT molecular complexity index is 282. The van der Waals surface area contributed by atoms with Crippen LogP contribution in [-0.4, -0.2) is 30.1 Å². The number of rotatable bonds is 12. The third kappa shape index (κ3) is 10.8. The molecule has 0 aromatic carbocycles. The van der Waals surface area contributed by atoms with E-state index >= 15 is 0 Å². The summed E-state index contributed by atoms with van der Waals surface area (Å²) in [7, 11) is 0. The van der Waals surface area contributed by atoms with E-state index in [1.165, 1.54) is 0 Å². The van der Waals surface area contributed by atoms with E-state index in [-0.39, 0.29) is 12.3 Å². The van der Waals surface area contributed by atoms with Crippen LogP contribution < -0.4 is 11.1 Å². The Balaban J connectivity index is 3.80. The van der Waals surface area contributed by atoms with Crippen molar-refractivity contribution in [2.24, 2.45) is 17.6 Å². The molecule has 4 N–H and O–H groups in total. The average molecular weight is 286 g/mol. The van der Waals surface area contributed by atoms with E-state index in [2.05, 4.69) is 12.2 Å². The summed E-state index contributed by atoms with van der Waals surface area (Å²) in [4.78, 5) is 22.2. The van der Waals surface area contributed by atoms with Gasteiger partial charge in [-0.1, -0.05) is 26.7 Å². The second kappa shape index (κ2) is 11.7. The Morgan fingerprint density at radius 2 is 1.85 bits per heavy atom. The van der Waals surface area contributed by atoms with Crippen LogP contribution in [0, 0.1) is 11.8 Å². The third-order valence-corrected chi connectivity index (χ3v) is 3.60. The first-order valence-corrected chi connectivity index (χ1v) is 7.68. The number of carboxylic acids is 1. The zero-order chi connectivity index (χ0) is 15.4. The lowest BCUT2D eigenvalue weighted by Gasteiger charge is -2.15. The molecule has 0 fully saturated rings. The number of hydrogen-bond acceptors (Lipinski definition) is 3. The van der Waals surface area contributed by atoms with E-state index in [9.17, 15) is 9.59 Å². The summed E-state index contributed by atoms with van der Waals surface area (Å²) in [6, 6.07) is 0. The molecule has 0 aromatic rings. The number of nitrogens with one attached hydrogen (secondary N) is 1. The molecular weight excluding hydrogens is 256 g/mol. The van der Waals surface area contributed by atoms with Crippen LogP contribution in [-0.2, 0) is 9.59 Å². The van der Waals surface area contributed by atoms with Gasteiger partial charge in [-0.15, -0.1) is 0 Å². The van der Waals surface area contributed by atoms with Crippen molar-refractivity contribution in [2.75, 3.05) is 13.1 Å². The van der Waals surface area contributed by atoms with Gasteiger partial charge in [0.15, 0.2) is 0 Å². The summed E-state index contributed by atoms with van der Waals surface area (Å²) in [5.41, 5.74) is 5.51. The maximum Gasteiger partial charge on any atom is 0.303 e. The molecule has 0 heterocycles. The first-order chi connectivity index (χ1) is 9.49. The van der Waals surface area contributed by atoms with Crippen LogP contribution in [0.4, 0.5) is 0 Å². The molecule has 20 heavy (non-hydrogen) atoms. The fraction of sp³-hybridized carbons (Fsp3) is 0.867. The lowest BCUT2D eigenvalue weighted by Crippen LogP contribution is -2.26. The summed E-state index contributed by atoms with van der Waals surface area (Å²) >= 11 is 0. The van der Waals surface area contributed by atoms with Gasteiger partial charge in [0.05, 0.1) is 0 Å². The predicted molar refractivity (Wildman–Crippen MR) is 80.3 cm³/mol. The standard InChI is InChI=1S/C15H30N2O3/c1-3-4-13(6-8-15(19)20)9-10-17-14(18)7-5-12(2)11-16/h12-13H,3-11,16H2,1-2H3,(H,17,18)(H,19,20). The van der Waals surface area contributed by atoms with E-state index in [0.717, 1.165) is 25.7 Å². The summed E-state index contributed by atoms with van der Waals surface area (Å²) < 4.78 is 0. The molecule has 2 atom stereocenters. The topological polar surface area (TPSA) is 92.4 Å². The molecule has 0 radical (unpaired) electrons. The van der Waals surface area contributed by atoms with Crippen molar-refractivity contribution in [3.63, 3.8) is 0 Å². The molecule has 2 unspecified atom stereocenters. The first kappa shape index (κ1) is 18.9. The first-order valence-electron chi connectivity index (χ1n) is 7.68. The number of carboxylic acid groups (broad SMARTS) is 1. The fourth-order valence-corrected chi connectivity index (χ4v) is 2.17. The van der Waals surface area contributed by atoms with Gasteiger partial charge in [-0.3, -0.25) is 9.59 Å². The highest BCUT2D eigenvalue weighted by molar-refractivity contribution is 5.75. The van der Waals surface area contributed by atoms with Gasteiger partial charge in [-0.2, -0.15) is 0 Å². The maximum atomic E-state index is 11.6. The van der Waals surface area contributed by atoms with Crippen LogP contribution in [0.3, 0.4) is 0 Å². The lowest BCUT2D eigenvalue weighted by atomic mass is 9.94. The Morgan fingerprint density at radius 1 is 1.15 bits per heavy atom. The molecule has 5 heteroatoms. The SMILES string of the molecule is CCCC(CCNC(=O)CCC(C)CN)CCC(=O)O. The van der Waals surface area contributed by atoms with Crippen LogP contribution in [0.25, 0.3) is 0 Å². The molecule has 5 nitrogen and oxygen atoms in total. The van der Waals surface area contributed by atoms with Crippen molar-refractivity contribution < 1.29 is 14.7 Å². The van der Waals surface area contributed by atoms with Gasteiger partial charge in [-0.05, 0) is 37.6 Å². The van der Waals surface area contributed by atoms with Gasteiger partial charge in [0.25, 0.3) is 0 Å². The van der Waals surface area contributed by atoms with Crippen molar-refractivity contribution in [1.29, 1.82) is 0 Å². The van der Waals surface area contributed by atoms with Gasteiger partial charge in [-0.25, -0.2) is 0 Å². The van der Waals surface area contributed by atoms with Crippen molar-refractivity contribution in [3.05, 3.63) is 0 Å². The summed E-state index contributed by atoms with van der Waals surface area (Å²) in [5.74, 6) is 0.0909. The van der Waals surface area contributed by atoms with Crippen molar-refractivity contribution in [1.82, 2.24) is 5.32 Å². The second-order valence-corrected chi connectivity index (χ2v) is 5.61. The zero-order valence-electron chi connectivity index (χ0n) is 12.9. The van der Waals surface area contributed by atoms with Gasteiger partial charge in [0, 0.05) is 19.4 Å². The highest BCUT2D eigenvalue weighted by Gasteiger charge is 2.11. The molecule has 0 bridgehead atoms. The highest BCUT2D eigenvalue weighted by Crippen LogP contribution is 2.17. The van der Waals surface area contributed by atoms with Crippen molar-refractivity contribution in [3.8, 4) is 0 Å². The summed E-state index contributed by atoms with van der Waals surface area (Å²) in [6.45, 7) is 5.39. The largest absolute Gasteiger partial charge is 0.481 e. The quantitative estimate of drug-likeness (QED) is 0.512. The van der Waals surface area contributed by atoms with Crippen molar-refractivity contribution >= 4 is 11.9 Å². The molecule has 0 rings (SSSR count). The molecular formula is C15H30N2O3. The van der Waals surface area contributed by atoms with Crippen molar-refractivity contribution in [2.45, 2.75) is 58.8 Å². The fourth-order valence-electron chi connectivity index (χ4n) is 2.17. The average Bonchev–Trinajstić information content (AvgIpc) is 2.41. The molecule has 0 saturated carbocycles. The van der Waals surface area contributed by atoms with E-state index in [4.69, 9.17) is 10.8 Å². The van der Waals surface area contributed by atoms with E-state index in [1.807, 2.05) is 6.92 Å². The van der Waals surface area contributed by atoms with Crippen LogP contribution in [0.1, 0.15) is 58.8 Å². The maximum absolute atomic E-state index is 11.6. The van der Waals surface area contributed by atoms with Gasteiger partial charge < -0.3 is 16.2 Å². The molecule has 0 spiro atoms. The predicted octanol–water partition coefficient (Wildman–Crippen LogP) is 2.15. The normalized spacial score (nSPS) is 13.8. The molecule has 0 aliphatic carbocycles. The highest BCUT2D eigenvalue weighted by atomic mass is 16.4. The smallest absolute Gasteiger partial charge is 0.303 e. The number of amides is 1. The van der Waals surface area contributed by atoms with Crippen LogP contribution in [0.5, 0.6) is 0 Å². The van der Waals surface area contributed by atoms with Gasteiger partial charge in [0.2, 0.25) is 5.91 Å². The molecule has 0 aromatic heterocycles. The minimum absolute atomic E-state index is 0.0683. The number of nitrogens with two attached hydrogens (primary N) is 1. The van der Waals surface area contributed by atoms with E-state index in [0.29, 0.717) is 37.8 Å². The number of carbonyl (C=O) groups excluding carboxylic acids is 1. The van der Waals surface area contributed by atoms with Crippen LogP contribution >= 0.6 is 0 Å². The number of aliphatic carboxylic acids is 1. The number of hydrogen-bond donors (Lipinski definition) is 3. The Kier molecular flexibility index (Phi) is 11.1. The minimum Gasteiger partial charge on any atom is -0.481 e. The Morgan fingerprint density at radius 3 is 2.40 bits per heavy atom. The minimum atomic E-state index is -0.745. The van der Waals surface area contributed by atoms with Gasteiger partial charge in [0.1, 0.15) is 0 Å². The molecule has 0 saturated heterocycles. The lowest BCUT2D eigenvalue weighted by molar-refractivity contribution is -0.137. The van der Waals surface area contributed by atoms with E-state index < -0.39 is 5.97 Å². The molecule has 0 aliphatic heterocycles. The second-order valence-electron chi connectivity index (χ2n) is 5.61. The Hall–Kier alpha value is -1.10.